The van der Waals surface area contributed by atoms with E-state index in [2.05, 4.69) is 22.4 Å². The predicted molar refractivity (Wildman–Crippen MR) is 75.2 cm³/mol. The van der Waals surface area contributed by atoms with Gasteiger partial charge in [-0.1, -0.05) is 29.3 Å². The van der Waals surface area contributed by atoms with Crippen LogP contribution in [0, 0.1) is 0 Å². The fourth-order valence-electron chi connectivity index (χ4n) is 1.77. The molecule has 0 aliphatic rings. The van der Waals surface area contributed by atoms with E-state index in [9.17, 15) is 0 Å². The number of hydrogen-bond acceptors (Lipinski definition) is 2. The molecule has 18 heavy (non-hydrogen) atoms. The van der Waals surface area contributed by atoms with Crippen LogP contribution >= 0.6 is 23.2 Å². The van der Waals surface area contributed by atoms with Crippen molar-refractivity contribution < 1.29 is 0 Å². The highest BCUT2D eigenvalue weighted by atomic mass is 35.5. The van der Waals surface area contributed by atoms with Crippen LogP contribution in [-0.2, 0) is 6.42 Å². The number of nitrogens with zero attached hydrogens (tertiary/aromatic N) is 1. The van der Waals surface area contributed by atoms with Gasteiger partial charge < -0.3 is 5.32 Å². The lowest BCUT2D eigenvalue weighted by Gasteiger charge is -2.12. The van der Waals surface area contributed by atoms with Gasteiger partial charge in [-0.05, 0) is 43.7 Å². The molecular formula is C13H15Cl2N3. The average molecular weight is 284 g/mol. The van der Waals surface area contributed by atoms with Crippen LogP contribution in [0.15, 0.2) is 30.5 Å². The fourth-order valence-corrected chi connectivity index (χ4v) is 2.27. The summed E-state index contributed by atoms with van der Waals surface area (Å²) < 4.78 is 0. The van der Waals surface area contributed by atoms with Crippen LogP contribution < -0.4 is 5.32 Å². The van der Waals surface area contributed by atoms with Crippen molar-refractivity contribution in [1.82, 2.24) is 15.5 Å². The molecule has 1 atom stereocenters. The lowest BCUT2D eigenvalue weighted by atomic mass is 10.1. The van der Waals surface area contributed by atoms with E-state index in [-0.39, 0.29) is 6.04 Å². The van der Waals surface area contributed by atoms with E-state index in [1.54, 1.807) is 12.3 Å². The zero-order valence-corrected chi connectivity index (χ0v) is 11.6. The van der Waals surface area contributed by atoms with E-state index in [1.807, 2.05) is 18.2 Å². The molecule has 0 amide bonds. The molecule has 0 saturated heterocycles. The van der Waals surface area contributed by atoms with Gasteiger partial charge in [-0.2, -0.15) is 5.10 Å². The molecule has 2 rings (SSSR count). The highest BCUT2D eigenvalue weighted by molar-refractivity contribution is 6.35. The minimum absolute atomic E-state index is 0.249. The maximum absolute atomic E-state index is 6.12. The molecule has 5 heteroatoms. The van der Waals surface area contributed by atoms with Gasteiger partial charge >= 0.3 is 0 Å². The smallest absolute Gasteiger partial charge is 0.0518 e. The first kappa shape index (κ1) is 13.4. The second kappa shape index (κ2) is 6.23. The number of H-pyrrole nitrogens is 1. The summed E-state index contributed by atoms with van der Waals surface area (Å²) in [5.74, 6) is 0. The predicted octanol–water partition coefficient (Wildman–Crippen LogP) is 3.61. The molecule has 1 heterocycles. The molecule has 0 radical (unpaired) electrons. The summed E-state index contributed by atoms with van der Waals surface area (Å²) in [5, 5.41) is 11.7. The Balaban J connectivity index is 1.85. The standard InChI is InChI=1S/C13H15Cl2N3/c1-9(13-5-7-17-18-13)16-6-4-10-2-3-11(14)8-12(10)15/h2-3,5,7-9,16H,4,6H2,1H3,(H,17,18). The number of hydrogen-bond donors (Lipinski definition) is 2. The second-order valence-corrected chi connectivity index (χ2v) is 5.02. The molecule has 0 bridgehead atoms. The zero-order chi connectivity index (χ0) is 13.0. The number of aromatic amines is 1. The quantitative estimate of drug-likeness (QED) is 0.880. The first-order chi connectivity index (χ1) is 8.66. The van der Waals surface area contributed by atoms with Crippen molar-refractivity contribution in [2.75, 3.05) is 6.54 Å². The molecule has 0 saturated carbocycles. The highest BCUT2D eigenvalue weighted by Gasteiger charge is 2.06. The van der Waals surface area contributed by atoms with Gasteiger partial charge in [0.05, 0.1) is 5.69 Å². The molecule has 3 nitrogen and oxygen atoms in total. The topological polar surface area (TPSA) is 40.7 Å². The van der Waals surface area contributed by atoms with E-state index in [0.717, 1.165) is 29.2 Å². The lowest BCUT2D eigenvalue weighted by Crippen LogP contribution is -2.21. The Kier molecular flexibility index (Phi) is 4.64. The normalized spacial score (nSPS) is 12.6. The minimum Gasteiger partial charge on any atom is -0.309 e. The van der Waals surface area contributed by atoms with Crippen molar-refractivity contribution >= 4 is 23.2 Å². The lowest BCUT2D eigenvalue weighted by molar-refractivity contribution is 0.563. The first-order valence-electron chi connectivity index (χ1n) is 5.83. The number of nitrogens with one attached hydrogen (secondary N) is 2. The van der Waals surface area contributed by atoms with Crippen LogP contribution in [0.2, 0.25) is 10.0 Å². The van der Waals surface area contributed by atoms with E-state index in [1.165, 1.54) is 0 Å². The van der Waals surface area contributed by atoms with Crippen LogP contribution in [0.3, 0.4) is 0 Å². The van der Waals surface area contributed by atoms with Gasteiger partial charge in [-0.15, -0.1) is 0 Å². The third-order valence-corrected chi connectivity index (χ3v) is 3.44. The number of benzene rings is 1. The van der Waals surface area contributed by atoms with Crippen molar-refractivity contribution in [2.24, 2.45) is 0 Å². The molecule has 0 aliphatic heterocycles. The van der Waals surface area contributed by atoms with Gasteiger partial charge in [-0.25, -0.2) is 0 Å². The highest BCUT2D eigenvalue weighted by Crippen LogP contribution is 2.21. The van der Waals surface area contributed by atoms with Gasteiger partial charge in [0.25, 0.3) is 0 Å². The molecular weight excluding hydrogens is 269 g/mol. The summed E-state index contributed by atoms with van der Waals surface area (Å²) in [6, 6.07) is 7.82. The molecule has 1 aromatic heterocycles. The first-order valence-corrected chi connectivity index (χ1v) is 6.59. The molecule has 2 aromatic rings. The largest absolute Gasteiger partial charge is 0.309 e. The summed E-state index contributed by atoms with van der Waals surface area (Å²) in [6.45, 7) is 2.94. The van der Waals surface area contributed by atoms with E-state index in [0.29, 0.717) is 5.02 Å². The maximum atomic E-state index is 6.12. The van der Waals surface area contributed by atoms with E-state index in [4.69, 9.17) is 23.2 Å². The average Bonchev–Trinajstić information content (AvgIpc) is 2.85. The summed E-state index contributed by atoms with van der Waals surface area (Å²) in [4.78, 5) is 0. The molecule has 1 unspecified atom stereocenters. The molecule has 0 fully saturated rings. The summed E-state index contributed by atoms with van der Waals surface area (Å²) >= 11 is 12.0. The van der Waals surface area contributed by atoms with E-state index < -0.39 is 0 Å². The fraction of sp³-hybridized carbons (Fsp3) is 0.308. The van der Waals surface area contributed by atoms with Crippen molar-refractivity contribution in [3.05, 3.63) is 51.8 Å². The third-order valence-electron chi connectivity index (χ3n) is 2.85. The third kappa shape index (κ3) is 3.48. The monoisotopic (exact) mass is 283 g/mol. The van der Waals surface area contributed by atoms with Crippen LogP contribution in [-0.4, -0.2) is 16.7 Å². The number of aromatic nitrogens is 2. The minimum atomic E-state index is 0.249. The molecule has 96 valence electrons. The summed E-state index contributed by atoms with van der Waals surface area (Å²) in [7, 11) is 0. The van der Waals surface area contributed by atoms with Crippen molar-refractivity contribution in [3.8, 4) is 0 Å². The SMILES string of the molecule is CC(NCCc1ccc(Cl)cc1Cl)c1ccn[nH]1. The van der Waals surface area contributed by atoms with Gasteiger partial charge in [0.15, 0.2) is 0 Å². The second-order valence-electron chi connectivity index (χ2n) is 4.17. The summed E-state index contributed by atoms with van der Waals surface area (Å²) in [6.07, 6.45) is 2.62. The van der Waals surface area contributed by atoms with Crippen molar-refractivity contribution in [2.45, 2.75) is 19.4 Å². The maximum Gasteiger partial charge on any atom is 0.0518 e. The zero-order valence-electron chi connectivity index (χ0n) is 10.1. The van der Waals surface area contributed by atoms with Crippen LogP contribution in [0.25, 0.3) is 0 Å². The van der Waals surface area contributed by atoms with E-state index >= 15 is 0 Å². The Morgan fingerprint density at radius 1 is 1.33 bits per heavy atom. The van der Waals surface area contributed by atoms with Crippen LogP contribution in [0.1, 0.15) is 24.2 Å². The number of rotatable bonds is 5. The van der Waals surface area contributed by atoms with Gasteiger partial charge in [-0.3, -0.25) is 5.10 Å². The number of halogens is 2. The Bertz CT molecular complexity index is 497. The Labute approximate surface area is 117 Å². The van der Waals surface area contributed by atoms with Gasteiger partial charge in [0.1, 0.15) is 0 Å². The molecule has 1 aromatic carbocycles. The van der Waals surface area contributed by atoms with Crippen molar-refractivity contribution in [1.29, 1.82) is 0 Å². The van der Waals surface area contributed by atoms with Crippen LogP contribution in [0.4, 0.5) is 0 Å². The van der Waals surface area contributed by atoms with Crippen LogP contribution in [0.5, 0.6) is 0 Å². The molecule has 0 aliphatic carbocycles. The Morgan fingerprint density at radius 3 is 2.83 bits per heavy atom. The summed E-state index contributed by atoms with van der Waals surface area (Å²) in [5.41, 5.74) is 2.18. The van der Waals surface area contributed by atoms with Gasteiger partial charge in [0, 0.05) is 22.3 Å². The molecule has 2 N–H and O–H groups in total. The van der Waals surface area contributed by atoms with Crippen molar-refractivity contribution in [3.63, 3.8) is 0 Å². The Hall–Kier alpha value is -1.03. The van der Waals surface area contributed by atoms with Gasteiger partial charge in [0.2, 0.25) is 0 Å². The molecule has 0 spiro atoms. The Morgan fingerprint density at radius 2 is 2.17 bits per heavy atom.